The van der Waals surface area contributed by atoms with Crippen molar-refractivity contribution in [2.24, 2.45) is 5.92 Å². The molecule has 2 atom stereocenters. The van der Waals surface area contributed by atoms with Crippen LogP contribution in [0.5, 0.6) is 0 Å². The average Bonchev–Trinajstić information content (AvgIpc) is 2.33. The van der Waals surface area contributed by atoms with Crippen LogP contribution in [0.25, 0.3) is 0 Å². The van der Waals surface area contributed by atoms with Gasteiger partial charge in [-0.05, 0) is 54.4 Å². The van der Waals surface area contributed by atoms with E-state index in [2.05, 4.69) is 0 Å². The molecule has 0 aromatic carbocycles. The summed E-state index contributed by atoms with van der Waals surface area (Å²) in [5, 5.41) is 9.30. The van der Waals surface area contributed by atoms with Crippen LogP contribution in [0.1, 0.15) is 54.4 Å². The van der Waals surface area contributed by atoms with Crippen molar-refractivity contribution >= 4 is 18.0 Å². The van der Waals surface area contributed by atoms with E-state index in [0.717, 1.165) is 4.90 Å². The zero-order valence-corrected chi connectivity index (χ0v) is 14.7. The van der Waals surface area contributed by atoms with Gasteiger partial charge in [-0.25, -0.2) is 9.59 Å². The normalized spacial score (nSPS) is 22.4. The molecule has 1 heterocycles. The summed E-state index contributed by atoms with van der Waals surface area (Å²) in [6, 6.07) is -0.983. The van der Waals surface area contributed by atoms with E-state index >= 15 is 0 Å². The summed E-state index contributed by atoms with van der Waals surface area (Å²) in [6.45, 7) is 10.4. The maximum Gasteiger partial charge on any atom is 0.411 e. The number of carbonyl (C=O) groups excluding carboxylic acids is 2. The van der Waals surface area contributed by atoms with Crippen LogP contribution in [0, 0.1) is 5.92 Å². The Morgan fingerprint density at radius 1 is 0.957 bits per heavy atom. The molecule has 1 saturated heterocycles. The number of rotatable bonds is 2. The number of hydrogen-bond donors (Lipinski definition) is 1. The van der Waals surface area contributed by atoms with Crippen molar-refractivity contribution in [3.05, 3.63) is 0 Å². The SMILES string of the molecule is CC(C)(C)OC(=O)C1CCC(C(=O)O)N(C(=O)OC(C)(C)C)C1. The molecule has 0 aromatic heterocycles. The first-order valence-electron chi connectivity index (χ1n) is 7.75. The van der Waals surface area contributed by atoms with Gasteiger partial charge in [-0.15, -0.1) is 0 Å². The highest BCUT2D eigenvalue weighted by molar-refractivity contribution is 5.82. The third-order valence-electron chi connectivity index (χ3n) is 3.24. The highest BCUT2D eigenvalue weighted by Crippen LogP contribution is 2.26. The number of amides is 1. The molecular formula is C16H27NO6. The minimum atomic E-state index is -1.10. The third kappa shape index (κ3) is 6.08. The number of carbonyl (C=O) groups is 3. The molecule has 0 spiro atoms. The Hall–Kier alpha value is -1.79. The highest BCUT2D eigenvalue weighted by atomic mass is 16.6. The van der Waals surface area contributed by atoms with Gasteiger partial charge in [0, 0.05) is 6.54 Å². The van der Waals surface area contributed by atoms with Crippen LogP contribution < -0.4 is 0 Å². The first kappa shape index (κ1) is 19.3. The van der Waals surface area contributed by atoms with E-state index in [4.69, 9.17) is 9.47 Å². The summed E-state index contributed by atoms with van der Waals surface area (Å²) in [4.78, 5) is 37.0. The fourth-order valence-corrected chi connectivity index (χ4v) is 2.33. The lowest BCUT2D eigenvalue weighted by Gasteiger charge is -2.37. The van der Waals surface area contributed by atoms with Crippen molar-refractivity contribution in [1.82, 2.24) is 4.90 Å². The van der Waals surface area contributed by atoms with Crippen LogP contribution in [0.3, 0.4) is 0 Å². The predicted octanol–water partition coefficient (Wildman–Crippen LogP) is 2.43. The fourth-order valence-electron chi connectivity index (χ4n) is 2.33. The lowest BCUT2D eigenvalue weighted by atomic mass is 9.93. The molecule has 1 rings (SSSR count). The van der Waals surface area contributed by atoms with E-state index < -0.39 is 41.2 Å². The summed E-state index contributed by atoms with van der Waals surface area (Å²) < 4.78 is 10.6. The Morgan fingerprint density at radius 3 is 1.91 bits per heavy atom. The second-order valence-corrected chi connectivity index (χ2v) is 7.79. The number of esters is 1. The van der Waals surface area contributed by atoms with Gasteiger partial charge in [0.15, 0.2) is 0 Å². The fraction of sp³-hybridized carbons (Fsp3) is 0.812. The zero-order valence-electron chi connectivity index (χ0n) is 14.7. The highest BCUT2D eigenvalue weighted by Gasteiger charge is 2.41. The topological polar surface area (TPSA) is 93.1 Å². The first-order chi connectivity index (χ1) is 10.3. The molecule has 1 N–H and O–H groups in total. The molecule has 1 amide bonds. The molecule has 0 radical (unpaired) electrons. The van der Waals surface area contributed by atoms with E-state index in [1.165, 1.54) is 0 Å². The van der Waals surface area contributed by atoms with Crippen molar-refractivity contribution in [3.63, 3.8) is 0 Å². The molecule has 7 nitrogen and oxygen atoms in total. The van der Waals surface area contributed by atoms with E-state index in [1.807, 2.05) is 0 Å². The molecule has 132 valence electrons. The van der Waals surface area contributed by atoms with E-state index in [1.54, 1.807) is 41.5 Å². The lowest BCUT2D eigenvalue weighted by Crippen LogP contribution is -2.53. The Morgan fingerprint density at radius 2 is 1.48 bits per heavy atom. The molecular weight excluding hydrogens is 302 g/mol. The second kappa shape index (κ2) is 6.76. The summed E-state index contributed by atoms with van der Waals surface area (Å²) in [5.41, 5.74) is -1.36. The van der Waals surface area contributed by atoms with Gasteiger partial charge in [0.1, 0.15) is 17.2 Å². The zero-order chi connectivity index (χ0) is 18.0. The first-order valence-corrected chi connectivity index (χ1v) is 7.75. The third-order valence-corrected chi connectivity index (χ3v) is 3.24. The number of nitrogens with zero attached hydrogens (tertiary/aromatic N) is 1. The second-order valence-electron chi connectivity index (χ2n) is 7.79. The summed E-state index contributed by atoms with van der Waals surface area (Å²) in [6.07, 6.45) is -0.165. The van der Waals surface area contributed by atoms with E-state index in [0.29, 0.717) is 6.42 Å². The summed E-state index contributed by atoms with van der Waals surface area (Å²) in [7, 11) is 0. The number of ether oxygens (including phenoxy) is 2. The largest absolute Gasteiger partial charge is 0.480 e. The Kier molecular flexibility index (Phi) is 5.66. The van der Waals surface area contributed by atoms with Gasteiger partial charge in [0.05, 0.1) is 5.92 Å². The van der Waals surface area contributed by atoms with Gasteiger partial charge in [-0.1, -0.05) is 0 Å². The van der Waals surface area contributed by atoms with Crippen molar-refractivity contribution in [3.8, 4) is 0 Å². The van der Waals surface area contributed by atoms with Gasteiger partial charge in [-0.2, -0.15) is 0 Å². The summed E-state index contributed by atoms with van der Waals surface area (Å²) >= 11 is 0. The smallest absolute Gasteiger partial charge is 0.411 e. The average molecular weight is 329 g/mol. The minimum Gasteiger partial charge on any atom is -0.480 e. The van der Waals surface area contributed by atoms with Gasteiger partial charge in [0.2, 0.25) is 0 Å². The Labute approximate surface area is 136 Å². The molecule has 1 aliphatic heterocycles. The van der Waals surface area contributed by atoms with Crippen LogP contribution in [-0.2, 0) is 19.1 Å². The molecule has 0 aromatic rings. The van der Waals surface area contributed by atoms with Crippen LogP contribution in [-0.4, -0.2) is 51.8 Å². The van der Waals surface area contributed by atoms with Crippen LogP contribution in [0.2, 0.25) is 0 Å². The molecule has 23 heavy (non-hydrogen) atoms. The van der Waals surface area contributed by atoms with Crippen LogP contribution >= 0.6 is 0 Å². The van der Waals surface area contributed by atoms with E-state index in [9.17, 15) is 19.5 Å². The quantitative estimate of drug-likeness (QED) is 0.782. The predicted molar refractivity (Wildman–Crippen MR) is 82.9 cm³/mol. The van der Waals surface area contributed by atoms with Crippen LogP contribution in [0.4, 0.5) is 4.79 Å². The number of carboxylic acid groups (broad SMARTS) is 1. The van der Waals surface area contributed by atoms with Gasteiger partial charge in [0.25, 0.3) is 0 Å². The van der Waals surface area contributed by atoms with Crippen molar-refractivity contribution in [2.45, 2.75) is 71.6 Å². The Balaban J connectivity index is 2.87. The van der Waals surface area contributed by atoms with Crippen molar-refractivity contribution in [2.75, 3.05) is 6.54 Å². The number of piperidine rings is 1. The lowest BCUT2D eigenvalue weighted by molar-refractivity contribution is -0.164. The number of hydrogen-bond acceptors (Lipinski definition) is 5. The maximum atomic E-state index is 12.3. The Bertz CT molecular complexity index is 474. The number of likely N-dealkylation sites (tertiary alicyclic amines) is 1. The van der Waals surface area contributed by atoms with Crippen molar-refractivity contribution in [1.29, 1.82) is 0 Å². The van der Waals surface area contributed by atoms with Crippen molar-refractivity contribution < 1.29 is 29.0 Å². The summed E-state index contributed by atoms with van der Waals surface area (Å²) in [5.74, 6) is -2.06. The van der Waals surface area contributed by atoms with Gasteiger partial charge < -0.3 is 14.6 Å². The standard InChI is InChI=1S/C16H27NO6/c1-15(2,3)22-13(20)10-7-8-11(12(18)19)17(9-10)14(21)23-16(4,5)6/h10-11H,7-9H2,1-6H3,(H,18,19). The minimum absolute atomic E-state index is 0.0131. The molecule has 1 aliphatic rings. The van der Waals surface area contributed by atoms with Gasteiger partial charge in [-0.3, -0.25) is 9.69 Å². The number of aliphatic carboxylic acids is 1. The maximum absolute atomic E-state index is 12.3. The molecule has 1 fully saturated rings. The molecule has 2 unspecified atom stereocenters. The monoisotopic (exact) mass is 329 g/mol. The van der Waals surface area contributed by atoms with E-state index in [-0.39, 0.29) is 13.0 Å². The molecule has 0 saturated carbocycles. The van der Waals surface area contributed by atoms with Crippen LogP contribution in [0.15, 0.2) is 0 Å². The molecule has 0 aliphatic carbocycles. The molecule has 7 heteroatoms. The number of carboxylic acids is 1. The molecule has 0 bridgehead atoms. The van der Waals surface area contributed by atoms with Gasteiger partial charge >= 0.3 is 18.0 Å².